The summed E-state index contributed by atoms with van der Waals surface area (Å²) in [5, 5.41) is 8.55. The Morgan fingerprint density at radius 3 is 2.90 bits per heavy atom. The fourth-order valence-corrected chi connectivity index (χ4v) is 3.71. The van der Waals surface area contributed by atoms with Crippen LogP contribution in [-0.2, 0) is 11.3 Å². The Bertz CT molecular complexity index is 995. The average molecular weight is 409 g/mol. The van der Waals surface area contributed by atoms with Gasteiger partial charge in [0, 0.05) is 30.6 Å². The number of fused-ring (bicyclic) bond motifs is 1. The minimum Gasteiger partial charge on any atom is -0.497 e. The summed E-state index contributed by atoms with van der Waals surface area (Å²) in [5.74, 6) is 0.772. The third-order valence-corrected chi connectivity index (χ3v) is 5.41. The van der Waals surface area contributed by atoms with Crippen LogP contribution in [0.5, 0.6) is 5.75 Å². The predicted molar refractivity (Wildman–Crippen MR) is 116 cm³/mol. The maximum atomic E-state index is 12.6. The van der Waals surface area contributed by atoms with Gasteiger partial charge in [0.1, 0.15) is 5.75 Å². The van der Waals surface area contributed by atoms with E-state index in [2.05, 4.69) is 15.3 Å². The first-order valence-electron chi connectivity index (χ1n) is 10.4. The number of amides is 1. The van der Waals surface area contributed by atoms with Gasteiger partial charge in [0.15, 0.2) is 0 Å². The highest BCUT2D eigenvalue weighted by Gasteiger charge is 2.12. The number of hydrogen-bond acceptors (Lipinski definition) is 5. The first-order chi connectivity index (χ1) is 14.7. The zero-order valence-corrected chi connectivity index (χ0v) is 17.3. The SMILES string of the molecule is COc1cccc(Cn2ncc3ccc(C(=O)NCCCN4CCOCC4)cc32)c1. The van der Waals surface area contributed by atoms with E-state index < -0.39 is 0 Å². The van der Waals surface area contributed by atoms with Crippen LogP contribution in [0.1, 0.15) is 22.3 Å². The Hall–Kier alpha value is -2.90. The first-order valence-corrected chi connectivity index (χ1v) is 10.4. The fraction of sp³-hybridized carbons (Fsp3) is 0.391. The van der Waals surface area contributed by atoms with Gasteiger partial charge in [-0.1, -0.05) is 18.2 Å². The molecule has 0 spiro atoms. The number of carbonyl (C=O) groups is 1. The number of carbonyl (C=O) groups excluding carboxylic acids is 1. The van der Waals surface area contributed by atoms with Crippen molar-refractivity contribution >= 4 is 16.8 Å². The molecule has 0 bridgehead atoms. The summed E-state index contributed by atoms with van der Waals surface area (Å²) in [6.45, 7) is 5.81. The molecule has 158 valence electrons. The smallest absolute Gasteiger partial charge is 0.251 e. The summed E-state index contributed by atoms with van der Waals surface area (Å²) in [6.07, 6.45) is 2.77. The van der Waals surface area contributed by atoms with Gasteiger partial charge in [-0.05, 0) is 42.8 Å². The van der Waals surface area contributed by atoms with Gasteiger partial charge in [0.25, 0.3) is 5.91 Å². The highest BCUT2D eigenvalue weighted by atomic mass is 16.5. The molecule has 2 aromatic carbocycles. The van der Waals surface area contributed by atoms with Crippen molar-refractivity contribution in [2.45, 2.75) is 13.0 Å². The lowest BCUT2D eigenvalue weighted by Gasteiger charge is -2.26. The first kappa shape index (κ1) is 20.4. The number of aromatic nitrogens is 2. The molecule has 0 radical (unpaired) electrons. The molecule has 1 amide bonds. The predicted octanol–water partition coefficient (Wildman–Crippen LogP) is 2.55. The molecule has 30 heavy (non-hydrogen) atoms. The molecule has 1 aliphatic heterocycles. The van der Waals surface area contributed by atoms with Gasteiger partial charge in [-0.15, -0.1) is 0 Å². The van der Waals surface area contributed by atoms with E-state index in [-0.39, 0.29) is 5.91 Å². The van der Waals surface area contributed by atoms with Crippen LogP contribution in [0.2, 0.25) is 0 Å². The number of nitrogens with zero attached hydrogens (tertiary/aromatic N) is 3. The Labute approximate surface area is 176 Å². The van der Waals surface area contributed by atoms with Crippen LogP contribution < -0.4 is 10.1 Å². The molecule has 0 saturated carbocycles. The molecule has 1 N–H and O–H groups in total. The second kappa shape index (κ2) is 9.73. The summed E-state index contributed by atoms with van der Waals surface area (Å²) in [4.78, 5) is 15.0. The minimum absolute atomic E-state index is 0.0481. The van der Waals surface area contributed by atoms with Crippen molar-refractivity contribution in [2.24, 2.45) is 0 Å². The standard InChI is InChI=1S/C23H28N4O3/c1-29-21-5-2-4-18(14-21)17-27-22-15-19(6-7-20(22)16-25-27)23(28)24-8-3-9-26-10-12-30-13-11-26/h2,4-7,14-16H,3,8-13,17H2,1H3,(H,24,28). The van der Waals surface area contributed by atoms with E-state index in [1.54, 1.807) is 7.11 Å². The normalized spacial score (nSPS) is 14.7. The van der Waals surface area contributed by atoms with Gasteiger partial charge >= 0.3 is 0 Å². The molecule has 1 aliphatic rings. The number of rotatable bonds is 8. The van der Waals surface area contributed by atoms with Crippen molar-refractivity contribution in [3.63, 3.8) is 0 Å². The van der Waals surface area contributed by atoms with Crippen molar-refractivity contribution < 1.29 is 14.3 Å². The lowest BCUT2D eigenvalue weighted by molar-refractivity contribution is 0.0374. The van der Waals surface area contributed by atoms with E-state index in [4.69, 9.17) is 9.47 Å². The van der Waals surface area contributed by atoms with E-state index in [1.165, 1.54) is 0 Å². The van der Waals surface area contributed by atoms with E-state index in [0.29, 0.717) is 18.7 Å². The van der Waals surface area contributed by atoms with Crippen molar-refractivity contribution in [1.82, 2.24) is 20.0 Å². The van der Waals surface area contributed by atoms with Crippen LogP contribution in [0, 0.1) is 0 Å². The third kappa shape index (κ3) is 4.98. The van der Waals surface area contributed by atoms with Crippen molar-refractivity contribution in [1.29, 1.82) is 0 Å². The van der Waals surface area contributed by atoms with E-state index in [0.717, 1.165) is 61.5 Å². The maximum absolute atomic E-state index is 12.6. The van der Waals surface area contributed by atoms with Gasteiger partial charge in [-0.3, -0.25) is 14.4 Å². The molecule has 1 saturated heterocycles. The topological polar surface area (TPSA) is 68.6 Å². The zero-order chi connectivity index (χ0) is 20.8. The van der Waals surface area contributed by atoms with Crippen LogP contribution in [0.3, 0.4) is 0 Å². The zero-order valence-electron chi connectivity index (χ0n) is 17.3. The second-order valence-electron chi connectivity index (χ2n) is 7.49. The lowest BCUT2D eigenvalue weighted by Crippen LogP contribution is -2.38. The maximum Gasteiger partial charge on any atom is 0.251 e. The molecular weight excluding hydrogens is 380 g/mol. The lowest BCUT2D eigenvalue weighted by atomic mass is 10.1. The number of ether oxygens (including phenoxy) is 2. The van der Waals surface area contributed by atoms with Crippen LogP contribution in [0.25, 0.3) is 10.9 Å². The molecule has 7 heteroatoms. The number of morpholine rings is 1. The second-order valence-corrected chi connectivity index (χ2v) is 7.49. The third-order valence-electron chi connectivity index (χ3n) is 5.41. The van der Waals surface area contributed by atoms with Gasteiger partial charge in [-0.2, -0.15) is 5.10 Å². The Balaban J connectivity index is 1.38. The summed E-state index contributed by atoms with van der Waals surface area (Å²) >= 11 is 0. The van der Waals surface area contributed by atoms with Gasteiger partial charge in [0.05, 0.1) is 38.6 Å². The largest absolute Gasteiger partial charge is 0.497 e. The summed E-state index contributed by atoms with van der Waals surface area (Å²) < 4.78 is 12.6. The van der Waals surface area contributed by atoms with Crippen LogP contribution in [0.15, 0.2) is 48.7 Å². The van der Waals surface area contributed by atoms with Crippen LogP contribution in [-0.4, -0.2) is 67.1 Å². The van der Waals surface area contributed by atoms with Gasteiger partial charge in [0.2, 0.25) is 0 Å². The molecule has 2 heterocycles. The Morgan fingerprint density at radius 1 is 1.20 bits per heavy atom. The van der Waals surface area contributed by atoms with Crippen LogP contribution in [0.4, 0.5) is 0 Å². The highest BCUT2D eigenvalue weighted by Crippen LogP contribution is 2.19. The molecular formula is C23H28N4O3. The molecule has 0 atom stereocenters. The number of methoxy groups -OCH3 is 1. The van der Waals surface area contributed by atoms with Gasteiger partial charge in [-0.25, -0.2) is 0 Å². The van der Waals surface area contributed by atoms with Crippen molar-refractivity contribution in [3.8, 4) is 5.75 Å². The molecule has 0 unspecified atom stereocenters. The molecule has 3 aromatic rings. The van der Waals surface area contributed by atoms with E-state index >= 15 is 0 Å². The molecule has 1 fully saturated rings. The highest BCUT2D eigenvalue weighted by molar-refractivity contribution is 5.97. The molecule has 7 nitrogen and oxygen atoms in total. The summed E-state index contributed by atoms with van der Waals surface area (Å²) in [5.41, 5.74) is 2.69. The fourth-order valence-electron chi connectivity index (χ4n) is 3.71. The minimum atomic E-state index is -0.0481. The van der Waals surface area contributed by atoms with Crippen molar-refractivity contribution in [2.75, 3.05) is 46.5 Å². The summed E-state index contributed by atoms with van der Waals surface area (Å²) in [6, 6.07) is 13.7. The number of hydrogen-bond donors (Lipinski definition) is 1. The quantitative estimate of drug-likeness (QED) is 0.580. The molecule has 4 rings (SSSR count). The molecule has 1 aromatic heterocycles. The van der Waals surface area contributed by atoms with E-state index in [1.807, 2.05) is 53.3 Å². The average Bonchev–Trinajstić information content (AvgIpc) is 3.19. The van der Waals surface area contributed by atoms with E-state index in [9.17, 15) is 4.79 Å². The molecule has 0 aliphatic carbocycles. The van der Waals surface area contributed by atoms with Crippen LogP contribution >= 0.6 is 0 Å². The Kier molecular flexibility index (Phi) is 6.61. The van der Waals surface area contributed by atoms with Gasteiger partial charge < -0.3 is 14.8 Å². The summed E-state index contributed by atoms with van der Waals surface area (Å²) in [7, 11) is 1.66. The number of benzene rings is 2. The van der Waals surface area contributed by atoms with Crippen molar-refractivity contribution in [3.05, 3.63) is 59.8 Å². The Morgan fingerprint density at radius 2 is 2.07 bits per heavy atom. The number of nitrogens with one attached hydrogen (secondary N) is 1. The monoisotopic (exact) mass is 408 g/mol.